The van der Waals surface area contributed by atoms with Crippen LogP contribution in [0.15, 0.2) is 42.5 Å². The number of unbranched alkanes of at least 4 members (excludes halogenated alkanes) is 1. The number of imidazole rings is 1. The Hall–Kier alpha value is -2.82. The summed E-state index contributed by atoms with van der Waals surface area (Å²) in [5.74, 6) is 2.15. The Labute approximate surface area is 179 Å². The second-order valence-electron chi connectivity index (χ2n) is 7.79. The van der Waals surface area contributed by atoms with Gasteiger partial charge in [0.2, 0.25) is 5.91 Å². The summed E-state index contributed by atoms with van der Waals surface area (Å²) in [7, 11) is 0. The number of nitrogens with zero attached hydrogens (tertiary/aromatic N) is 2. The molecule has 1 amide bonds. The number of hydrogen-bond donors (Lipinski definition) is 1. The number of rotatable bonds is 11. The van der Waals surface area contributed by atoms with Crippen molar-refractivity contribution in [3.63, 3.8) is 0 Å². The van der Waals surface area contributed by atoms with Crippen molar-refractivity contribution < 1.29 is 9.53 Å². The molecule has 30 heavy (non-hydrogen) atoms. The fourth-order valence-electron chi connectivity index (χ4n) is 3.77. The summed E-state index contributed by atoms with van der Waals surface area (Å²) in [6.45, 7) is 8.42. The first kappa shape index (κ1) is 21.9. The monoisotopic (exact) mass is 407 g/mol. The fourth-order valence-corrected chi connectivity index (χ4v) is 3.77. The molecule has 0 atom stereocenters. The summed E-state index contributed by atoms with van der Waals surface area (Å²) < 4.78 is 8.34. The largest absolute Gasteiger partial charge is 0.493 e. The number of amides is 1. The molecule has 0 spiro atoms. The maximum absolute atomic E-state index is 11.7. The van der Waals surface area contributed by atoms with Crippen LogP contribution in [0.25, 0.3) is 11.0 Å². The lowest BCUT2D eigenvalue weighted by molar-refractivity contribution is -0.121. The minimum atomic E-state index is 0.115. The van der Waals surface area contributed by atoms with Crippen LogP contribution in [0.2, 0.25) is 0 Å². The Kier molecular flexibility index (Phi) is 7.89. The molecule has 5 heteroatoms. The molecule has 0 aliphatic carbocycles. The van der Waals surface area contributed by atoms with Gasteiger partial charge in [0.1, 0.15) is 11.6 Å². The van der Waals surface area contributed by atoms with Crippen LogP contribution in [0.3, 0.4) is 0 Å². The molecule has 0 saturated carbocycles. The number of benzene rings is 2. The lowest BCUT2D eigenvalue weighted by Gasteiger charge is -2.13. The Bertz CT molecular complexity index is 957. The third-order valence-electron chi connectivity index (χ3n) is 5.31. The zero-order valence-corrected chi connectivity index (χ0v) is 18.4. The number of para-hydroxylation sites is 3. The first-order valence-corrected chi connectivity index (χ1v) is 11.0. The number of fused-ring (bicyclic) bond motifs is 1. The van der Waals surface area contributed by atoms with Gasteiger partial charge in [-0.1, -0.05) is 37.3 Å². The average Bonchev–Trinajstić information content (AvgIpc) is 3.07. The van der Waals surface area contributed by atoms with Gasteiger partial charge in [-0.05, 0) is 56.4 Å². The topological polar surface area (TPSA) is 56.2 Å². The van der Waals surface area contributed by atoms with E-state index in [1.54, 1.807) is 0 Å². The van der Waals surface area contributed by atoms with E-state index in [2.05, 4.69) is 60.1 Å². The zero-order valence-electron chi connectivity index (χ0n) is 18.4. The molecule has 0 fully saturated rings. The summed E-state index contributed by atoms with van der Waals surface area (Å²) >= 11 is 0. The molecule has 0 aliphatic rings. The van der Waals surface area contributed by atoms with Gasteiger partial charge in [0.15, 0.2) is 0 Å². The number of aromatic nitrogens is 2. The summed E-state index contributed by atoms with van der Waals surface area (Å²) in [5.41, 5.74) is 4.54. The second-order valence-corrected chi connectivity index (χ2v) is 7.79. The summed E-state index contributed by atoms with van der Waals surface area (Å²) in [5, 5.41) is 3.00. The van der Waals surface area contributed by atoms with Gasteiger partial charge in [-0.3, -0.25) is 4.79 Å². The quantitative estimate of drug-likeness (QED) is 0.457. The Morgan fingerprint density at radius 3 is 2.60 bits per heavy atom. The van der Waals surface area contributed by atoms with Gasteiger partial charge >= 0.3 is 0 Å². The molecule has 5 nitrogen and oxygen atoms in total. The number of nitrogens with one attached hydrogen (secondary N) is 1. The molecule has 0 bridgehead atoms. The molecule has 1 aromatic heterocycles. The Morgan fingerprint density at radius 1 is 1.07 bits per heavy atom. The number of carbonyl (C=O) groups is 1. The van der Waals surface area contributed by atoms with E-state index in [1.165, 1.54) is 11.1 Å². The van der Waals surface area contributed by atoms with Gasteiger partial charge in [0.25, 0.3) is 0 Å². The van der Waals surface area contributed by atoms with Gasteiger partial charge in [-0.2, -0.15) is 0 Å². The van der Waals surface area contributed by atoms with Crippen molar-refractivity contribution in [2.45, 2.75) is 59.4 Å². The molecule has 160 valence electrons. The van der Waals surface area contributed by atoms with E-state index in [1.807, 2.05) is 13.0 Å². The minimum absolute atomic E-state index is 0.115. The van der Waals surface area contributed by atoms with Gasteiger partial charge in [0, 0.05) is 25.9 Å². The van der Waals surface area contributed by atoms with Crippen molar-refractivity contribution in [3.05, 3.63) is 59.4 Å². The maximum Gasteiger partial charge on any atom is 0.219 e. The molecule has 3 rings (SSSR count). The van der Waals surface area contributed by atoms with Crippen molar-refractivity contribution in [2.75, 3.05) is 13.2 Å². The first-order valence-electron chi connectivity index (χ1n) is 11.0. The molecule has 1 N–H and O–H groups in total. The zero-order chi connectivity index (χ0) is 21.3. The van der Waals surface area contributed by atoms with Crippen molar-refractivity contribution in [1.29, 1.82) is 0 Å². The van der Waals surface area contributed by atoms with Gasteiger partial charge < -0.3 is 14.6 Å². The minimum Gasteiger partial charge on any atom is -0.493 e. The lowest BCUT2D eigenvalue weighted by Crippen LogP contribution is -2.26. The predicted octanol–water partition coefficient (Wildman–Crippen LogP) is 4.97. The van der Waals surface area contributed by atoms with Crippen LogP contribution in [-0.4, -0.2) is 28.6 Å². The summed E-state index contributed by atoms with van der Waals surface area (Å²) in [6.07, 6.45) is 4.18. The number of hydrogen-bond acceptors (Lipinski definition) is 3. The molecule has 3 aromatic rings. The van der Waals surface area contributed by atoms with Crippen molar-refractivity contribution in [2.24, 2.45) is 0 Å². The van der Waals surface area contributed by atoms with E-state index >= 15 is 0 Å². The fraction of sp³-hybridized carbons (Fsp3) is 0.440. The van der Waals surface area contributed by atoms with E-state index in [0.717, 1.165) is 54.8 Å². The van der Waals surface area contributed by atoms with Crippen LogP contribution in [0, 0.1) is 13.8 Å². The van der Waals surface area contributed by atoms with E-state index in [-0.39, 0.29) is 5.91 Å². The SMILES string of the molecule is CCCC(=O)NCCc1nc2ccccc2n1CCCCOc1c(C)cccc1C. The summed E-state index contributed by atoms with van der Waals surface area (Å²) in [4.78, 5) is 16.6. The highest BCUT2D eigenvalue weighted by Gasteiger charge is 2.11. The van der Waals surface area contributed by atoms with Crippen LogP contribution in [0.4, 0.5) is 0 Å². The molecular weight excluding hydrogens is 374 g/mol. The van der Waals surface area contributed by atoms with Crippen molar-refractivity contribution in [3.8, 4) is 5.75 Å². The normalized spacial score (nSPS) is 11.0. The smallest absolute Gasteiger partial charge is 0.219 e. The number of ether oxygens (including phenoxy) is 1. The van der Waals surface area contributed by atoms with Gasteiger partial charge in [-0.15, -0.1) is 0 Å². The Morgan fingerprint density at radius 2 is 1.83 bits per heavy atom. The van der Waals surface area contributed by atoms with Crippen LogP contribution in [0.1, 0.15) is 49.6 Å². The first-order chi connectivity index (χ1) is 14.6. The van der Waals surface area contributed by atoms with Crippen LogP contribution < -0.4 is 10.1 Å². The van der Waals surface area contributed by atoms with Gasteiger partial charge in [-0.25, -0.2) is 4.98 Å². The molecule has 0 saturated heterocycles. The molecule has 0 radical (unpaired) electrons. The lowest BCUT2D eigenvalue weighted by atomic mass is 10.1. The highest BCUT2D eigenvalue weighted by molar-refractivity contribution is 5.76. The van der Waals surface area contributed by atoms with E-state index in [9.17, 15) is 4.79 Å². The number of carbonyl (C=O) groups excluding carboxylic acids is 1. The van der Waals surface area contributed by atoms with Crippen LogP contribution in [-0.2, 0) is 17.8 Å². The molecule has 0 unspecified atom stereocenters. The maximum atomic E-state index is 11.7. The summed E-state index contributed by atoms with van der Waals surface area (Å²) in [6, 6.07) is 14.5. The highest BCUT2D eigenvalue weighted by atomic mass is 16.5. The predicted molar refractivity (Wildman–Crippen MR) is 122 cm³/mol. The Balaban J connectivity index is 1.57. The van der Waals surface area contributed by atoms with Crippen molar-refractivity contribution >= 4 is 16.9 Å². The number of aryl methyl sites for hydroxylation is 3. The van der Waals surface area contributed by atoms with E-state index < -0.39 is 0 Å². The highest BCUT2D eigenvalue weighted by Crippen LogP contribution is 2.23. The third-order valence-corrected chi connectivity index (χ3v) is 5.31. The van der Waals surface area contributed by atoms with Crippen molar-refractivity contribution in [1.82, 2.24) is 14.9 Å². The third kappa shape index (κ3) is 5.62. The van der Waals surface area contributed by atoms with Crippen LogP contribution >= 0.6 is 0 Å². The van der Waals surface area contributed by atoms with Gasteiger partial charge in [0.05, 0.1) is 17.6 Å². The van der Waals surface area contributed by atoms with E-state index in [0.29, 0.717) is 19.6 Å². The second kappa shape index (κ2) is 10.8. The molecule has 1 heterocycles. The molecule has 2 aromatic carbocycles. The van der Waals surface area contributed by atoms with E-state index in [4.69, 9.17) is 9.72 Å². The molecular formula is C25H33N3O2. The van der Waals surface area contributed by atoms with Crippen LogP contribution in [0.5, 0.6) is 5.75 Å². The molecule has 0 aliphatic heterocycles. The standard InChI is InChI=1S/C25H33N3O2/c1-4-10-24(29)26-16-15-23-27-21-13-5-6-14-22(21)28(23)17-7-8-18-30-25-19(2)11-9-12-20(25)3/h5-6,9,11-14H,4,7-8,10,15-18H2,1-3H3,(H,26,29). The average molecular weight is 408 g/mol.